The van der Waals surface area contributed by atoms with Crippen molar-refractivity contribution in [2.24, 2.45) is 0 Å². The molecule has 11 heteroatoms. The van der Waals surface area contributed by atoms with Crippen molar-refractivity contribution in [1.29, 1.82) is 0 Å². The number of ether oxygens (including phenoxy) is 2. The number of phosphoric acid groups is 1. The summed E-state index contributed by atoms with van der Waals surface area (Å²) in [5, 5.41) is 19.1. The van der Waals surface area contributed by atoms with Gasteiger partial charge in [0, 0.05) is 12.8 Å². The third-order valence-electron chi connectivity index (χ3n) is 8.31. The highest BCUT2D eigenvalue weighted by atomic mass is 31.2. The number of allylic oxidation sites excluding steroid dienone is 8. The molecule has 0 amide bonds. The second kappa shape index (κ2) is 37.3. The number of hydrogen-bond acceptors (Lipinski definition) is 9. The molecule has 3 N–H and O–H groups in total. The second-order valence-corrected chi connectivity index (χ2v) is 14.7. The molecule has 0 aliphatic heterocycles. The van der Waals surface area contributed by atoms with Crippen molar-refractivity contribution in [3.05, 3.63) is 48.6 Å². The van der Waals surface area contributed by atoms with Gasteiger partial charge in [0.2, 0.25) is 0 Å². The number of carbonyl (C=O) groups excluding carboxylic acids is 2. The second-order valence-electron chi connectivity index (χ2n) is 13.2. The monoisotopic (exact) mass is 756 g/mol. The van der Waals surface area contributed by atoms with E-state index in [9.17, 15) is 29.3 Å². The van der Waals surface area contributed by atoms with Gasteiger partial charge >= 0.3 is 19.8 Å². The molecule has 0 aromatic rings. The molecule has 0 radical (unpaired) electrons. The Kier molecular flexibility index (Phi) is 35.8. The number of hydrogen-bond donors (Lipinski definition) is 3. The van der Waals surface area contributed by atoms with Crippen LogP contribution in [0.25, 0.3) is 0 Å². The summed E-state index contributed by atoms with van der Waals surface area (Å²) in [6.45, 7) is 2.03. The molecule has 0 spiro atoms. The Labute approximate surface area is 315 Å². The molecule has 3 unspecified atom stereocenters. The first-order valence-corrected chi connectivity index (χ1v) is 21.6. The van der Waals surface area contributed by atoms with Crippen LogP contribution in [0.3, 0.4) is 0 Å². The average Bonchev–Trinajstić information content (AvgIpc) is 3.13. The number of aliphatic hydroxyl groups is 2. The van der Waals surface area contributed by atoms with Gasteiger partial charge in [0.1, 0.15) is 12.2 Å². The lowest BCUT2D eigenvalue weighted by Gasteiger charge is -2.20. The molecular weight excluding hydrogens is 683 g/mol. The molecule has 0 saturated heterocycles. The van der Waals surface area contributed by atoms with Crippen molar-refractivity contribution >= 4 is 19.8 Å². The van der Waals surface area contributed by atoms with Crippen LogP contribution in [0.2, 0.25) is 0 Å². The summed E-state index contributed by atoms with van der Waals surface area (Å²) in [5.41, 5.74) is 0. The highest BCUT2D eigenvalue weighted by Gasteiger charge is 2.27. The molecule has 0 aliphatic carbocycles. The number of esters is 2. The predicted octanol–water partition coefficient (Wildman–Crippen LogP) is 10.2. The van der Waals surface area contributed by atoms with E-state index in [-0.39, 0.29) is 12.8 Å². The van der Waals surface area contributed by atoms with Crippen LogP contribution in [0.5, 0.6) is 0 Å². The topological polar surface area (TPSA) is 149 Å². The Balaban J connectivity index is 3.92. The Hall–Kier alpha value is -2.07. The molecule has 0 saturated carbocycles. The van der Waals surface area contributed by atoms with E-state index in [0.29, 0.717) is 12.8 Å². The summed E-state index contributed by atoms with van der Waals surface area (Å²) in [7, 11) is -4.63. The highest BCUT2D eigenvalue weighted by molar-refractivity contribution is 7.47. The lowest BCUT2D eigenvalue weighted by atomic mass is 10.1. The van der Waals surface area contributed by atoms with Crippen LogP contribution >= 0.6 is 7.82 Å². The van der Waals surface area contributed by atoms with Crippen molar-refractivity contribution in [2.45, 2.75) is 174 Å². The minimum Gasteiger partial charge on any atom is -0.457 e. The van der Waals surface area contributed by atoms with Gasteiger partial charge < -0.3 is 24.6 Å². The van der Waals surface area contributed by atoms with Gasteiger partial charge in [0.25, 0.3) is 0 Å². The molecule has 0 rings (SSSR count). The average molecular weight is 757 g/mol. The number of aliphatic hydroxyl groups excluding tert-OH is 2. The molecule has 0 fully saturated rings. The number of unbranched alkanes of at least 4 members (excludes halogenated alkanes) is 15. The van der Waals surface area contributed by atoms with Gasteiger partial charge in [-0.1, -0.05) is 146 Å². The Morgan fingerprint density at radius 1 is 0.538 bits per heavy atom. The van der Waals surface area contributed by atoms with Crippen LogP contribution in [0, 0.1) is 0 Å². The number of rotatable bonds is 37. The standard InChI is InChI=1S/C41H73O10P/c1-3-5-7-9-11-13-14-15-16-17-18-19-20-21-22-23-24-25-27-29-31-33-41(45)51-39(35-43)37-49-52(46,47)48-36-38(34-42)50-40(44)32-30-28-26-12-10-8-6-4-2/h5,7,11,13,15-16,18-19,38-39,42-43H,3-4,6,8-10,12,14,17,20-37H2,1-2H3,(H,46,47)/b7-5-,13-11-,16-15-,19-18-. The first-order chi connectivity index (χ1) is 25.3. The molecule has 10 nitrogen and oxygen atoms in total. The van der Waals surface area contributed by atoms with Gasteiger partial charge in [-0.3, -0.25) is 18.6 Å². The number of phosphoric ester groups is 1. The third kappa shape index (κ3) is 35.0. The minimum atomic E-state index is -4.63. The Morgan fingerprint density at radius 2 is 0.904 bits per heavy atom. The molecule has 0 aliphatic rings. The van der Waals surface area contributed by atoms with E-state index in [4.69, 9.17) is 18.5 Å². The zero-order valence-corrected chi connectivity index (χ0v) is 33.4. The third-order valence-corrected chi connectivity index (χ3v) is 9.26. The van der Waals surface area contributed by atoms with Crippen LogP contribution < -0.4 is 0 Å². The molecule has 52 heavy (non-hydrogen) atoms. The molecule has 0 aromatic carbocycles. The molecule has 3 atom stereocenters. The maximum absolute atomic E-state index is 12.3. The minimum absolute atomic E-state index is 0.182. The normalized spacial score (nSPS) is 14.5. The quantitative estimate of drug-likeness (QED) is 0.0242. The van der Waals surface area contributed by atoms with E-state index < -0.39 is 58.4 Å². The largest absolute Gasteiger partial charge is 0.472 e. The van der Waals surface area contributed by atoms with E-state index in [1.54, 1.807) is 0 Å². The summed E-state index contributed by atoms with van der Waals surface area (Å²) >= 11 is 0. The lowest BCUT2D eigenvalue weighted by Crippen LogP contribution is -2.28. The summed E-state index contributed by atoms with van der Waals surface area (Å²) in [6, 6.07) is 0. The fourth-order valence-electron chi connectivity index (χ4n) is 5.22. The van der Waals surface area contributed by atoms with Gasteiger partial charge in [-0.15, -0.1) is 0 Å². The van der Waals surface area contributed by atoms with Crippen molar-refractivity contribution in [1.82, 2.24) is 0 Å². The number of carbonyl (C=O) groups is 2. The zero-order valence-electron chi connectivity index (χ0n) is 32.5. The first-order valence-electron chi connectivity index (χ1n) is 20.1. The van der Waals surface area contributed by atoms with Gasteiger partial charge in [0.05, 0.1) is 26.4 Å². The van der Waals surface area contributed by atoms with Crippen LogP contribution in [0.15, 0.2) is 48.6 Å². The van der Waals surface area contributed by atoms with Gasteiger partial charge in [-0.05, 0) is 51.4 Å². The van der Waals surface area contributed by atoms with Crippen molar-refractivity contribution in [2.75, 3.05) is 26.4 Å². The van der Waals surface area contributed by atoms with Gasteiger partial charge in [0.15, 0.2) is 0 Å². The molecular formula is C41H73O10P. The summed E-state index contributed by atoms with van der Waals surface area (Å²) < 4.78 is 32.4. The zero-order chi connectivity index (χ0) is 38.4. The lowest BCUT2D eigenvalue weighted by molar-refractivity contribution is -0.153. The Bertz CT molecular complexity index is 1010. The fourth-order valence-corrected chi connectivity index (χ4v) is 6.01. The van der Waals surface area contributed by atoms with E-state index in [2.05, 4.69) is 62.5 Å². The molecule has 0 bridgehead atoms. The fraction of sp³-hybridized carbons (Fsp3) is 0.756. The van der Waals surface area contributed by atoms with Crippen molar-refractivity contribution < 1.29 is 47.8 Å². The van der Waals surface area contributed by atoms with E-state index >= 15 is 0 Å². The maximum atomic E-state index is 12.3. The Morgan fingerprint density at radius 3 is 1.31 bits per heavy atom. The van der Waals surface area contributed by atoms with Crippen LogP contribution in [0.4, 0.5) is 0 Å². The van der Waals surface area contributed by atoms with E-state index in [0.717, 1.165) is 70.6 Å². The van der Waals surface area contributed by atoms with Crippen molar-refractivity contribution in [3.8, 4) is 0 Å². The smallest absolute Gasteiger partial charge is 0.457 e. The summed E-state index contributed by atoms with van der Waals surface area (Å²) in [6.07, 6.45) is 38.2. The predicted molar refractivity (Wildman–Crippen MR) is 210 cm³/mol. The molecule has 0 aromatic heterocycles. The first kappa shape index (κ1) is 49.9. The SMILES string of the molecule is CC/C=C\C/C=C\C/C=C\C/C=C\CCCCCCCCCCC(=O)OC(CO)COP(=O)(O)OCC(CO)OC(=O)CCCCCCCCCC. The maximum Gasteiger partial charge on any atom is 0.472 e. The van der Waals surface area contributed by atoms with Gasteiger partial charge in [-0.2, -0.15) is 0 Å². The molecule has 0 heterocycles. The summed E-state index contributed by atoms with van der Waals surface area (Å²) in [5.74, 6) is -1.03. The van der Waals surface area contributed by atoms with Crippen LogP contribution in [0.1, 0.15) is 162 Å². The summed E-state index contributed by atoms with van der Waals surface area (Å²) in [4.78, 5) is 34.3. The van der Waals surface area contributed by atoms with E-state index in [1.165, 1.54) is 51.4 Å². The molecule has 302 valence electrons. The highest BCUT2D eigenvalue weighted by Crippen LogP contribution is 2.43. The van der Waals surface area contributed by atoms with E-state index in [1.807, 2.05) is 0 Å². The van der Waals surface area contributed by atoms with Crippen LogP contribution in [-0.4, -0.2) is 65.7 Å². The van der Waals surface area contributed by atoms with Crippen molar-refractivity contribution in [3.63, 3.8) is 0 Å². The van der Waals surface area contributed by atoms with Gasteiger partial charge in [-0.25, -0.2) is 4.57 Å². The van der Waals surface area contributed by atoms with Crippen LogP contribution in [-0.2, 0) is 32.7 Å².